The van der Waals surface area contributed by atoms with Gasteiger partial charge >= 0.3 is 0 Å². The SMILES string of the molecule is C.C.C.C.C.C.C.C.C.C.C.C.CC1CO1.CC1CO1.CC1CO1.CC1CO1.CC1CO1.CC1CO1.CC1CO1.CCC. The Bertz CT molecular complexity index is 274. The van der Waals surface area contributed by atoms with Gasteiger partial charge in [-0.05, 0) is 48.5 Å². The molecule has 0 aromatic carbocycles. The molecule has 0 aromatic heterocycles. The normalized spacial score (nSPS) is 26.3. The van der Waals surface area contributed by atoms with Crippen molar-refractivity contribution in [2.75, 3.05) is 46.2 Å². The van der Waals surface area contributed by atoms with Crippen LogP contribution in [0.3, 0.4) is 0 Å². The van der Waals surface area contributed by atoms with Crippen molar-refractivity contribution in [1.29, 1.82) is 0 Å². The van der Waals surface area contributed by atoms with Gasteiger partial charge in [-0.15, -0.1) is 0 Å². The Balaban J connectivity index is -0.0000000209. The van der Waals surface area contributed by atoms with Crippen molar-refractivity contribution in [3.05, 3.63) is 0 Å². The summed E-state index contributed by atoms with van der Waals surface area (Å²) < 4.78 is 33.0. The van der Waals surface area contributed by atoms with Crippen LogP contribution >= 0.6 is 0 Å². The van der Waals surface area contributed by atoms with Crippen LogP contribution in [0.15, 0.2) is 0 Å². The summed E-state index contributed by atoms with van der Waals surface area (Å²) in [6, 6.07) is 0. The number of epoxide rings is 7. The summed E-state index contributed by atoms with van der Waals surface area (Å²) in [5, 5.41) is 0. The van der Waals surface area contributed by atoms with Crippen LogP contribution in [0.4, 0.5) is 0 Å². The predicted octanol–water partition coefficient (Wildman–Crippen LogP) is 11.9. The van der Waals surface area contributed by atoms with Crippen molar-refractivity contribution in [2.24, 2.45) is 0 Å². The van der Waals surface area contributed by atoms with E-state index in [1.165, 1.54) is 6.42 Å². The zero-order valence-electron chi connectivity index (χ0n) is 21.6. The van der Waals surface area contributed by atoms with Crippen molar-refractivity contribution in [1.82, 2.24) is 0 Å². The van der Waals surface area contributed by atoms with Crippen LogP contribution in [0, 0.1) is 0 Å². The van der Waals surface area contributed by atoms with E-state index in [0.717, 1.165) is 46.2 Å². The van der Waals surface area contributed by atoms with Crippen molar-refractivity contribution >= 4 is 0 Å². The van der Waals surface area contributed by atoms with Crippen molar-refractivity contribution in [3.63, 3.8) is 0 Å². The van der Waals surface area contributed by atoms with E-state index < -0.39 is 0 Å². The van der Waals surface area contributed by atoms with Crippen molar-refractivity contribution in [2.45, 2.75) is 201 Å². The molecule has 7 aliphatic rings. The third-order valence-electron chi connectivity index (χ3n) is 3.50. The highest BCUT2D eigenvalue weighted by Crippen LogP contribution is 2.06. The zero-order chi connectivity index (χ0) is 23.6. The van der Waals surface area contributed by atoms with Gasteiger partial charge in [0, 0.05) is 0 Å². The molecule has 0 N–H and O–H groups in total. The predicted molar refractivity (Wildman–Crippen MR) is 205 cm³/mol. The second-order valence-corrected chi connectivity index (χ2v) is 8.71. The average Bonchev–Trinajstić information content (AvgIpc) is 3.45. The molecule has 0 radical (unpaired) electrons. The molecule has 0 aliphatic carbocycles. The van der Waals surface area contributed by atoms with Gasteiger partial charge < -0.3 is 33.2 Å². The molecule has 7 nitrogen and oxygen atoms in total. The third-order valence-corrected chi connectivity index (χ3v) is 3.50. The van der Waals surface area contributed by atoms with E-state index in [0.29, 0.717) is 42.7 Å². The van der Waals surface area contributed by atoms with Gasteiger partial charge in [-0.2, -0.15) is 0 Å². The Morgan fingerprint density at radius 3 is 0.302 bits per heavy atom. The fourth-order valence-corrected chi connectivity index (χ4v) is 0.674. The summed E-state index contributed by atoms with van der Waals surface area (Å²) in [5.41, 5.74) is 0. The highest BCUT2D eigenvalue weighted by molar-refractivity contribution is 4.60. The van der Waals surface area contributed by atoms with Gasteiger partial charge in [0.15, 0.2) is 0 Å². The van der Waals surface area contributed by atoms with Crippen LogP contribution in [0.1, 0.15) is 158 Å². The lowest BCUT2D eigenvalue weighted by Crippen LogP contribution is -1.60. The molecule has 43 heavy (non-hydrogen) atoms. The van der Waals surface area contributed by atoms with Crippen LogP contribution < -0.4 is 0 Å². The number of rotatable bonds is 0. The maximum absolute atomic E-state index is 4.71. The fraction of sp³-hybridized carbons (Fsp3) is 1.00. The van der Waals surface area contributed by atoms with Crippen LogP contribution in [0.25, 0.3) is 0 Å². The largest absolute Gasteiger partial charge is 0.373 e. The molecule has 0 aromatic rings. The lowest BCUT2D eigenvalue weighted by molar-refractivity contribution is 0.423. The zero-order valence-corrected chi connectivity index (χ0v) is 21.6. The molecule has 7 heteroatoms. The van der Waals surface area contributed by atoms with E-state index in [1.54, 1.807) is 0 Å². The summed E-state index contributed by atoms with van der Waals surface area (Å²) in [6.45, 7) is 25.5. The van der Waals surface area contributed by atoms with E-state index >= 15 is 0 Å². The van der Waals surface area contributed by atoms with Gasteiger partial charge in [-0.1, -0.05) is 109 Å². The molecule has 7 fully saturated rings. The first-order chi connectivity index (χ1) is 14.7. The highest BCUT2D eigenvalue weighted by Gasteiger charge is 2.15. The number of hydrogen-bond acceptors (Lipinski definition) is 7. The Labute approximate surface area is 279 Å². The summed E-state index contributed by atoms with van der Waals surface area (Å²) in [5.74, 6) is 0. The van der Waals surface area contributed by atoms with E-state index in [1.807, 2.05) is 0 Å². The average molecular weight is 643 g/mol. The third kappa shape index (κ3) is 153. The molecule has 0 amide bonds. The molecular weight excluding hydrogens is 544 g/mol. The van der Waals surface area contributed by atoms with Gasteiger partial charge in [0.05, 0.1) is 89.0 Å². The molecule has 284 valence electrons. The minimum Gasteiger partial charge on any atom is -0.373 e. The van der Waals surface area contributed by atoms with Gasteiger partial charge in [-0.25, -0.2) is 0 Å². The molecule has 7 rings (SSSR count). The van der Waals surface area contributed by atoms with Gasteiger partial charge in [-0.3, -0.25) is 0 Å². The van der Waals surface area contributed by atoms with E-state index in [9.17, 15) is 0 Å². The van der Waals surface area contributed by atoms with E-state index in [2.05, 4.69) is 62.3 Å². The molecule has 0 bridgehead atoms. The first-order valence-electron chi connectivity index (χ1n) is 12.0. The number of ether oxygens (including phenoxy) is 7. The maximum Gasteiger partial charge on any atom is 0.0781 e. The maximum atomic E-state index is 4.71. The van der Waals surface area contributed by atoms with Crippen LogP contribution in [-0.2, 0) is 33.2 Å². The summed E-state index contributed by atoms with van der Waals surface area (Å²) >= 11 is 0. The van der Waals surface area contributed by atoms with Gasteiger partial charge in [0.2, 0.25) is 0 Å². The van der Waals surface area contributed by atoms with E-state index in [-0.39, 0.29) is 89.1 Å². The van der Waals surface area contributed by atoms with Crippen LogP contribution in [0.2, 0.25) is 0 Å². The Hall–Kier alpha value is -0.280. The number of hydrogen-bond donors (Lipinski definition) is 0. The molecule has 7 atom stereocenters. The minimum atomic E-state index is 0. The Morgan fingerprint density at radius 1 is 0.279 bits per heavy atom. The fourth-order valence-electron chi connectivity index (χ4n) is 0.674. The first-order valence-corrected chi connectivity index (χ1v) is 12.0. The Kier molecular flexibility index (Phi) is 106. The topological polar surface area (TPSA) is 87.7 Å². The molecule has 7 aliphatic heterocycles. The molecule has 7 unspecified atom stereocenters. The van der Waals surface area contributed by atoms with Crippen LogP contribution in [0.5, 0.6) is 0 Å². The molecule has 7 heterocycles. The quantitative estimate of drug-likeness (QED) is 0.243. The monoisotopic (exact) mass is 643 g/mol. The highest BCUT2D eigenvalue weighted by atomic mass is 16.6. The summed E-state index contributed by atoms with van der Waals surface area (Å²) in [4.78, 5) is 0. The molecule has 0 spiro atoms. The van der Waals surface area contributed by atoms with Crippen molar-refractivity contribution < 1.29 is 33.2 Å². The lowest BCUT2D eigenvalue weighted by Gasteiger charge is -1.51. The van der Waals surface area contributed by atoms with Gasteiger partial charge in [0.1, 0.15) is 0 Å². The molecule has 7 saturated heterocycles. The standard InChI is InChI=1S/7C3H6O.C3H8.12CH4/c7*1-3-2-4-3;1-3-2;;;;;;;;;;;;/h7*3H,2H2,1H3;3H2,1-2H3;12*1H4. The lowest BCUT2D eigenvalue weighted by atomic mass is 10.6. The molecule has 0 saturated carbocycles. The first kappa shape index (κ1) is 84.2. The second-order valence-electron chi connectivity index (χ2n) is 8.71. The minimum absolute atomic E-state index is 0. The summed E-state index contributed by atoms with van der Waals surface area (Å²) in [6.07, 6.45) is 5.33. The second kappa shape index (κ2) is 54.2. The Morgan fingerprint density at radius 2 is 0.302 bits per heavy atom. The molecular formula is C36H98O7. The van der Waals surface area contributed by atoms with Gasteiger partial charge in [0.25, 0.3) is 0 Å². The summed E-state index contributed by atoms with van der Waals surface area (Å²) in [7, 11) is 0. The van der Waals surface area contributed by atoms with Crippen LogP contribution in [-0.4, -0.2) is 89.0 Å². The van der Waals surface area contributed by atoms with Crippen molar-refractivity contribution in [3.8, 4) is 0 Å². The smallest absolute Gasteiger partial charge is 0.0781 e. The van der Waals surface area contributed by atoms with E-state index in [4.69, 9.17) is 33.2 Å².